The highest BCUT2D eigenvalue weighted by atomic mass is 32.2. The zero-order chi connectivity index (χ0) is 14.3. The Morgan fingerprint density at radius 1 is 1.42 bits per heavy atom. The highest BCUT2D eigenvalue weighted by Crippen LogP contribution is 2.33. The van der Waals surface area contributed by atoms with Gasteiger partial charge in [-0.1, -0.05) is 11.8 Å². The zero-order valence-corrected chi connectivity index (χ0v) is 13.2. The lowest BCUT2D eigenvalue weighted by atomic mass is 10.2. The van der Waals surface area contributed by atoms with Crippen LogP contribution >= 0.6 is 23.5 Å². The quantitative estimate of drug-likeness (QED) is 0.507. The summed E-state index contributed by atoms with van der Waals surface area (Å²) < 4.78 is 10.2. The molecular weight excluding hydrogens is 284 g/mol. The number of ether oxygens (including phenoxy) is 2. The Bertz CT molecular complexity index is 366. The third kappa shape index (κ3) is 5.48. The molecule has 6 heteroatoms. The number of carbonyl (C=O) groups is 2. The summed E-state index contributed by atoms with van der Waals surface area (Å²) in [6.07, 6.45) is 1.92. The van der Waals surface area contributed by atoms with Crippen LogP contribution in [0.4, 0.5) is 0 Å². The van der Waals surface area contributed by atoms with E-state index in [0.29, 0.717) is 12.4 Å². The van der Waals surface area contributed by atoms with Crippen molar-refractivity contribution in [3.8, 4) is 0 Å². The number of thioether (sulfide) groups is 2. The molecule has 0 saturated carbocycles. The molecule has 1 unspecified atom stereocenters. The highest BCUT2D eigenvalue weighted by Gasteiger charge is 2.28. The van der Waals surface area contributed by atoms with Crippen molar-refractivity contribution in [1.29, 1.82) is 0 Å². The van der Waals surface area contributed by atoms with Gasteiger partial charge in [-0.25, -0.2) is 0 Å². The van der Waals surface area contributed by atoms with E-state index in [-0.39, 0.29) is 16.3 Å². The number of unbranched alkanes of at least 4 members (excludes halogenated alkanes) is 1. The molecule has 0 fully saturated rings. The van der Waals surface area contributed by atoms with Crippen LogP contribution in [0.3, 0.4) is 0 Å². The predicted octanol–water partition coefficient (Wildman–Crippen LogP) is 2.63. The van der Waals surface area contributed by atoms with Gasteiger partial charge in [0, 0.05) is 5.57 Å². The van der Waals surface area contributed by atoms with Gasteiger partial charge >= 0.3 is 5.97 Å². The maximum atomic E-state index is 11.4. The van der Waals surface area contributed by atoms with Gasteiger partial charge in [-0.05, 0) is 32.4 Å². The van der Waals surface area contributed by atoms with Crippen LogP contribution in [0.25, 0.3) is 0 Å². The van der Waals surface area contributed by atoms with Crippen molar-refractivity contribution in [3.05, 3.63) is 11.3 Å². The van der Waals surface area contributed by atoms with Crippen molar-refractivity contribution < 1.29 is 19.1 Å². The molecule has 0 aromatic rings. The van der Waals surface area contributed by atoms with Gasteiger partial charge in [-0.15, -0.1) is 0 Å². The van der Waals surface area contributed by atoms with Crippen LogP contribution in [0.15, 0.2) is 11.3 Å². The van der Waals surface area contributed by atoms with Crippen LogP contribution < -0.4 is 0 Å². The Morgan fingerprint density at radius 3 is 2.74 bits per heavy atom. The maximum Gasteiger partial charge on any atom is 0.315 e. The van der Waals surface area contributed by atoms with Gasteiger partial charge in [-0.2, -0.15) is 11.8 Å². The molecule has 0 saturated heterocycles. The van der Waals surface area contributed by atoms with Gasteiger partial charge in [0.25, 0.3) is 0 Å². The standard InChI is InChI=1S/C13H20O4S2/c1-9-12(10(2)19-13(9)15)17-6-4-5-7-18-8-11(14)16-3/h10H,4-8H2,1-3H3. The SMILES string of the molecule is COC(=O)CSCCCCOC1=C(C)C(=O)SC1C. The Balaban J connectivity index is 2.08. The molecule has 0 amide bonds. The van der Waals surface area contributed by atoms with E-state index in [0.717, 1.165) is 29.9 Å². The molecule has 1 heterocycles. The van der Waals surface area contributed by atoms with Crippen molar-refractivity contribution in [2.24, 2.45) is 0 Å². The summed E-state index contributed by atoms with van der Waals surface area (Å²) >= 11 is 2.89. The lowest BCUT2D eigenvalue weighted by Gasteiger charge is -2.11. The fourth-order valence-electron chi connectivity index (χ4n) is 1.64. The maximum absolute atomic E-state index is 11.4. The molecule has 0 spiro atoms. The van der Waals surface area contributed by atoms with Gasteiger partial charge in [0.1, 0.15) is 5.76 Å². The first kappa shape index (κ1) is 16.4. The largest absolute Gasteiger partial charge is 0.496 e. The Morgan fingerprint density at radius 2 is 2.16 bits per heavy atom. The fourth-order valence-corrected chi connectivity index (χ4v) is 3.42. The second-order valence-electron chi connectivity index (χ2n) is 4.22. The minimum absolute atomic E-state index is 0.121. The van der Waals surface area contributed by atoms with Crippen molar-refractivity contribution in [3.63, 3.8) is 0 Å². The average molecular weight is 304 g/mol. The van der Waals surface area contributed by atoms with Crippen LogP contribution in [0, 0.1) is 0 Å². The Hall–Kier alpha value is -0.620. The van der Waals surface area contributed by atoms with Crippen molar-refractivity contribution in [1.82, 2.24) is 0 Å². The monoisotopic (exact) mass is 304 g/mol. The van der Waals surface area contributed by atoms with Crippen LogP contribution in [-0.2, 0) is 19.1 Å². The molecule has 0 radical (unpaired) electrons. The topological polar surface area (TPSA) is 52.6 Å². The van der Waals surface area contributed by atoms with Gasteiger partial charge in [0.2, 0.25) is 5.12 Å². The van der Waals surface area contributed by atoms with Crippen molar-refractivity contribution in [2.45, 2.75) is 31.9 Å². The van der Waals surface area contributed by atoms with Crippen molar-refractivity contribution >= 4 is 34.6 Å². The molecule has 108 valence electrons. The zero-order valence-electron chi connectivity index (χ0n) is 11.6. The molecule has 0 aliphatic carbocycles. The minimum atomic E-state index is -0.183. The molecule has 1 aliphatic heterocycles. The van der Waals surface area contributed by atoms with E-state index in [4.69, 9.17) is 4.74 Å². The van der Waals surface area contributed by atoms with Crippen molar-refractivity contribution in [2.75, 3.05) is 25.2 Å². The van der Waals surface area contributed by atoms with Crippen LogP contribution in [-0.4, -0.2) is 41.6 Å². The summed E-state index contributed by atoms with van der Waals surface area (Å²) in [6, 6.07) is 0. The number of carbonyl (C=O) groups excluding carboxylic acids is 2. The molecule has 4 nitrogen and oxygen atoms in total. The summed E-state index contributed by atoms with van der Waals surface area (Å²) in [5, 5.41) is 0.261. The molecule has 1 atom stereocenters. The number of methoxy groups -OCH3 is 1. The fraction of sp³-hybridized carbons (Fsp3) is 0.692. The third-order valence-electron chi connectivity index (χ3n) is 2.72. The number of rotatable bonds is 8. The lowest BCUT2D eigenvalue weighted by Crippen LogP contribution is -2.05. The summed E-state index contributed by atoms with van der Waals surface area (Å²) in [7, 11) is 1.40. The van der Waals surface area contributed by atoms with Gasteiger partial charge in [0.05, 0.1) is 24.7 Å². The van der Waals surface area contributed by atoms with E-state index in [1.165, 1.54) is 18.9 Å². The molecule has 1 rings (SSSR count). The number of hydrogen-bond acceptors (Lipinski definition) is 6. The van der Waals surface area contributed by atoms with Gasteiger partial charge in [-0.3, -0.25) is 9.59 Å². The first-order valence-corrected chi connectivity index (χ1v) is 8.28. The number of hydrogen-bond donors (Lipinski definition) is 0. The first-order valence-electron chi connectivity index (χ1n) is 6.25. The van der Waals surface area contributed by atoms with E-state index < -0.39 is 0 Å². The molecule has 1 aliphatic rings. The lowest BCUT2D eigenvalue weighted by molar-refractivity contribution is -0.137. The second kappa shape index (κ2) is 8.53. The van der Waals surface area contributed by atoms with E-state index in [2.05, 4.69) is 4.74 Å². The summed E-state index contributed by atoms with van der Waals surface area (Å²) in [5.74, 6) is 1.97. The average Bonchev–Trinajstić information content (AvgIpc) is 2.63. The van der Waals surface area contributed by atoms with Gasteiger partial charge in [0.15, 0.2) is 0 Å². The second-order valence-corrected chi connectivity index (χ2v) is 6.64. The molecule has 0 aromatic carbocycles. The first-order chi connectivity index (χ1) is 9.06. The Labute approximate surface area is 122 Å². The molecular formula is C13H20O4S2. The third-order valence-corrected chi connectivity index (χ3v) is 4.82. The van der Waals surface area contributed by atoms with E-state index in [9.17, 15) is 9.59 Å². The summed E-state index contributed by atoms with van der Waals surface area (Å²) in [4.78, 5) is 22.3. The summed E-state index contributed by atoms with van der Waals surface area (Å²) in [6.45, 7) is 4.44. The smallest absolute Gasteiger partial charge is 0.315 e. The minimum Gasteiger partial charge on any atom is -0.496 e. The normalized spacial score (nSPS) is 18.9. The molecule has 19 heavy (non-hydrogen) atoms. The van der Waals surface area contributed by atoms with E-state index >= 15 is 0 Å². The Kier molecular flexibility index (Phi) is 7.38. The van der Waals surface area contributed by atoms with Crippen LogP contribution in [0.5, 0.6) is 0 Å². The highest BCUT2D eigenvalue weighted by molar-refractivity contribution is 8.15. The molecule has 0 bridgehead atoms. The van der Waals surface area contributed by atoms with Crippen LogP contribution in [0.1, 0.15) is 26.7 Å². The predicted molar refractivity (Wildman–Crippen MR) is 79.3 cm³/mol. The van der Waals surface area contributed by atoms with Crippen LogP contribution in [0.2, 0.25) is 0 Å². The summed E-state index contributed by atoms with van der Waals surface area (Å²) in [5.41, 5.74) is 0.748. The van der Waals surface area contributed by atoms with Gasteiger partial charge < -0.3 is 9.47 Å². The van der Waals surface area contributed by atoms with E-state index in [1.54, 1.807) is 11.8 Å². The van der Waals surface area contributed by atoms with E-state index in [1.807, 2.05) is 13.8 Å². The number of esters is 1. The molecule has 0 aromatic heterocycles. The molecule has 0 N–H and O–H groups in total.